The van der Waals surface area contributed by atoms with E-state index in [0.717, 1.165) is 44.2 Å². The fourth-order valence-electron chi connectivity index (χ4n) is 3.08. The van der Waals surface area contributed by atoms with Crippen molar-refractivity contribution < 1.29 is 4.21 Å². The van der Waals surface area contributed by atoms with E-state index in [2.05, 4.69) is 32.8 Å². The van der Waals surface area contributed by atoms with Gasteiger partial charge in [0.05, 0.1) is 5.39 Å². The number of benzene rings is 2. The molecule has 0 radical (unpaired) electrons. The summed E-state index contributed by atoms with van der Waals surface area (Å²) >= 11 is 1.63. The van der Waals surface area contributed by atoms with Crippen LogP contribution in [0.4, 0.5) is 11.5 Å². The van der Waals surface area contributed by atoms with Gasteiger partial charge in [-0.05, 0) is 30.2 Å². The van der Waals surface area contributed by atoms with E-state index in [1.54, 1.807) is 17.6 Å². The molecule has 0 saturated carbocycles. The number of rotatable bonds is 5. The molecule has 4 nitrogen and oxygen atoms in total. The average molecular weight is 394 g/mol. The number of fused-ring (bicyclic) bond motifs is 1. The zero-order valence-electron chi connectivity index (χ0n) is 15.1. The minimum Gasteiger partial charge on any atom is -0.340 e. The first-order valence-electron chi connectivity index (χ1n) is 8.57. The van der Waals surface area contributed by atoms with Gasteiger partial charge in [0.25, 0.3) is 0 Å². The van der Waals surface area contributed by atoms with Crippen LogP contribution in [0.1, 0.15) is 11.4 Å². The lowest BCUT2D eigenvalue weighted by Crippen LogP contribution is -1.99. The number of nitrogens with one attached hydrogen (secondary N) is 1. The Morgan fingerprint density at radius 2 is 1.89 bits per heavy atom. The molecule has 1 unspecified atom stereocenters. The van der Waals surface area contributed by atoms with Crippen LogP contribution in [0.3, 0.4) is 0 Å². The van der Waals surface area contributed by atoms with Crippen molar-refractivity contribution in [2.24, 2.45) is 0 Å². The normalized spacial score (nSPS) is 12.2. The van der Waals surface area contributed by atoms with Crippen molar-refractivity contribution in [3.63, 3.8) is 0 Å². The van der Waals surface area contributed by atoms with E-state index < -0.39 is 10.8 Å². The molecule has 4 rings (SSSR count). The van der Waals surface area contributed by atoms with Crippen LogP contribution in [-0.4, -0.2) is 20.4 Å². The molecule has 1 atom stereocenters. The fourth-order valence-corrected chi connectivity index (χ4v) is 4.72. The summed E-state index contributed by atoms with van der Waals surface area (Å²) in [5, 5.41) is 6.62. The van der Waals surface area contributed by atoms with E-state index in [4.69, 9.17) is 0 Å². The lowest BCUT2D eigenvalue weighted by Gasteiger charge is -2.11. The number of aryl methyl sites for hydroxylation is 1. The lowest BCUT2D eigenvalue weighted by molar-refractivity contribution is 0.686. The maximum Gasteiger partial charge on any atom is 0.143 e. The van der Waals surface area contributed by atoms with Gasteiger partial charge >= 0.3 is 0 Å². The summed E-state index contributed by atoms with van der Waals surface area (Å²) in [6.45, 7) is 1.91. The third kappa shape index (κ3) is 3.91. The Balaban J connectivity index is 1.80. The van der Waals surface area contributed by atoms with E-state index in [1.807, 2.05) is 49.4 Å². The minimum atomic E-state index is -0.871. The Morgan fingerprint density at radius 1 is 1.07 bits per heavy atom. The predicted octanol–water partition coefficient (Wildman–Crippen LogP) is 5.29. The molecule has 0 aliphatic carbocycles. The van der Waals surface area contributed by atoms with Gasteiger partial charge in [-0.25, -0.2) is 9.97 Å². The van der Waals surface area contributed by atoms with Gasteiger partial charge in [-0.3, -0.25) is 4.21 Å². The van der Waals surface area contributed by atoms with Gasteiger partial charge in [-0.2, -0.15) is 0 Å². The highest BCUT2D eigenvalue weighted by molar-refractivity contribution is 7.83. The van der Waals surface area contributed by atoms with E-state index in [0.29, 0.717) is 5.75 Å². The minimum absolute atomic E-state index is 0.543. The average Bonchev–Trinajstić information content (AvgIpc) is 3.06. The summed E-state index contributed by atoms with van der Waals surface area (Å²) in [6, 6.07) is 18.3. The quantitative estimate of drug-likeness (QED) is 0.501. The third-order valence-electron chi connectivity index (χ3n) is 4.19. The molecular formula is C21H19N3OS2. The number of hydrogen-bond donors (Lipinski definition) is 1. The van der Waals surface area contributed by atoms with Crippen LogP contribution in [0.2, 0.25) is 0 Å². The molecule has 136 valence electrons. The van der Waals surface area contributed by atoms with Crippen molar-refractivity contribution in [2.45, 2.75) is 12.7 Å². The number of hydrogen-bond acceptors (Lipinski definition) is 5. The van der Waals surface area contributed by atoms with E-state index in [9.17, 15) is 4.21 Å². The van der Waals surface area contributed by atoms with Crippen LogP contribution in [0.15, 0.2) is 60.0 Å². The van der Waals surface area contributed by atoms with Crippen molar-refractivity contribution in [1.82, 2.24) is 9.97 Å². The van der Waals surface area contributed by atoms with Crippen molar-refractivity contribution in [3.8, 4) is 11.1 Å². The Hall–Kier alpha value is -2.57. The Morgan fingerprint density at radius 3 is 2.67 bits per heavy atom. The lowest BCUT2D eigenvalue weighted by atomic mass is 10.1. The number of nitrogens with zero attached hydrogens (tertiary/aromatic N) is 2. The van der Waals surface area contributed by atoms with Gasteiger partial charge in [0.2, 0.25) is 0 Å². The first kappa shape index (κ1) is 17.8. The second-order valence-corrected chi connectivity index (χ2v) is 8.65. The molecule has 4 aromatic rings. The van der Waals surface area contributed by atoms with Gasteiger partial charge in [0.15, 0.2) is 0 Å². The topological polar surface area (TPSA) is 54.9 Å². The maximum atomic E-state index is 11.5. The van der Waals surface area contributed by atoms with Gasteiger partial charge in [0, 0.05) is 39.4 Å². The number of thiophene rings is 1. The monoisotopic (exact) mass is 393 g/mol. The second-order valence-electron chi connectivity index (χ2n) is 6.36. The van der Waals surface area contributed by atoms with Crippen LogP contribution in [-0.2, 0) is 16.6 Å². The molecule has 0 amide bonds. The van der Waals surface area contributed by atoms with Gasteiger partial charge in [-0.1, -0.05) is 42.5 Å². The molecule has 0 bridgehead atoms. The molecule has 0 saturated heterocycles. The van der Waals surface area contributed by atoms with E-state index in [-0.39, 0.29) is 0 Å². The Bertz CT molecular complexity index is 1120. The summed E-state index contributed by atoms with van der Waals surface area (Å²) in [5.41, 5.74) is 4.25. The third-order valence-corrected chi connectivity index (χ3v) is 5.80. The number of aromatic nitrogens is 2. The zero-order chi connectivity index (χ0) is 18.8. The molecule has 27 heavy (non-hydrogen) atoms. The van der Waals surface area contributed by atoms with Crippen molar-refractivity contribution in [1.29, 1.82) is 0 Å². The smallest absolute Gasteiger partial charge is 0.143 e. The highest BCUT2D eigenvalue weighted by atomic mass is 32.2. The molecule has 6 heteroatoms. The highest BCUT2D eigenvalue weighted by Crippen LogP contribution is 2.37. The standard InChI is InChI=1S/C21H19N3OS2/c1-14-22-20(24-17-10-6-7-15(11-17)13-27(2)25)19-18(12-26-21(19)23-14)16-8-4-3-5-9-16/h3-12H,13H2,1-2H3,(H,22,23,24). The summed E-state index contributed by atoms with van der Waals surface area (Å²) in [4.78, 5) is 10.2. The van der Waals surface area contributed by atoms with Crippen LogP contribution in [0.5, 0.6) is 0 Å². The molecule has 0 spiro atoms. The molecular weight excluding hydrogens is 374 g/mol. The van der Waals surface area contributed by atoms with Gasteiger partial charge < -0.3 is 5.32 Å². The van der Waals surface area contributed by atoms with Crippen LogP contribution >= 0.6 is 11.3 Å². The number of anilines is 2. The largest absolute Gasteiger partial charge is 0.340 e. The first-order chi connectivity index (χ1) is 13.1. The molecule has 0 aliphatic rings. The van der Waals surface area contributed by atoms with Crippen LogP contribution < -0.4 is 5.32 Å². The second kappa shape index (κ2) is 7.58. The summed E-state index contributed by atoms with van der Waals surface area (Å²) < 4.78 is 11.5. The van der Waals surface area contributed by atoms with Gasteiger partial charge in [0.1, 0.15) is 16.5 Å². The predicted molar refractivity (Wildman–Crippen MR) is 115 cm³/mol. The van der Waals surface area contributed by atoms with Crippen LogP contribution in [0, 0.1) is 6.92 Å². The van der Waals surface area contributed by atoms with Crippen molar-refractivity contribution in [3.05, 3.63) is 71.4 Å². The summed E-state index contributed by atoms with van der Waals surface area (Å²) in [6.07, 6.45) is 1.72. The molecule has 1 N–H and O–H groups in total. The summed E-state index contributed by atoms with van der Waals surface area (Å²) in [5.74, 6) is 2.08. The molecule has 2 aromatic carbocycles. The first-order valence-corrected chi connectivity index (χ1v) is 11.2. The molecule has 2 aromatic heterocycles. The van der Waals surface area contributed by atoms with Gasteiger partial charge in [-0.15, -0.1) is 11.3 Å². The van der Waals surface area contributed by atoms with E-state index in [1.165, 1.54) is 0 Å². The summed E-state index contributed by atoms with van der Waals surface area (Å²) in [7, 11) is -0.871. The van der Waals surface area contributed by atoms with Crippen LogP contribution in [0.25, 0.3) is 21.3 Å². The Labute approximate surface area is 164 Å². The SMILES string of the molecule is Cc1nc(Nc2cccc(CS(C)=O)c2)c2c(-c3ccccc3)csc2n1. The zero-order valence-corrected chi connectivity index (χ0v) is 16.7. The van der Waals surface area contributed by atoms with Crippen molar-refractivity contribution in [2.75, 3.05) is 11.6 Å². The van der Waals surface area contributed by atoms with E-state index >= 15 is 0 Å². The molecule has 2 heterocycles. The fraction of sp³-hybridized carbons (Fsp3) is 0.143. The Kier molecular flexibility index (Phi) is 5.01. The maximum absolute atomic E-state index is 11.5. The molecule has 0 aliphatic heterocycles. The van der Waals surface area contributed by atoms with Crippen molar-refractivity contribution >= 4 is 43.9 Å². The molecule has 0 fully saturated rings. The highest BCUT2D eigenvalue weighted by Gasteiger charge is 2.14.